The monoisotopic (exact) mass is 432 g/mol. The Kier molecular flexibility index (Phi) is 5.63. The molecule has 5 rings (SSSR count). The normalized spacial score (nSPS) is 18.3. The molecule has 0 saturated carbocycles. The van der Waals surface area contributed by atoms with Crippen LogP contribution < -0.4 is 10.2 Å². The number of hydrogen-bond donors (Lipinski definition) is 1. The number of urea groups is 1. The van der Waals surface area contributed by atoms with Crippen LogP contribution in [0.25, 0.3) is 5.52 Å². The molecule has 0 atom stereocenters. The summed E-state index contributed by atoms with van der Waals surface area (Å²) in [5.41, 5.74) is 5.57. The molecule has 2 aromatic heterocycles. The molecule has 1 N–H and O–H groups in total. The number of carbonyl (C=O) groups excluding carboxylic acids is 2. The first-order valence-electron chi connectivity index (χ1n) is 11.1. The topological polar surface area (TPSA) is 73.2 Å². The van der Waals surface area contributed by atoms with Crippen LogP contribution in [0.3, 0.4) is 0 Å². The zero-order valence-corrected chi connectivity index (χ0v) is 18.3. The van der Waals surface area contributed by atoms with Crippen molar-refractivity contribution in [2.75, 3.05) is 37.6 Å². The first-order valence-corrected chi connectivity index (χ1v) is 11.1. The van der Waals surface area contributed by atoms with Gasteiger partial charge in [0.15, 0.2) is 0 Å². The fourth-order valence-corrected chi connectivity index (χ4v) is 4.50. The minimum absolute atomic E-state index is 0.231. The van der Waals surface area contributed by atoms with E-state index in [9.17, 15) is 9.59 Å². The van der Waals surface area contributed by atoms with Crippen LogP contribution >= 0.6 is 0 Å². The van der Waals surface area contributed by atoms with E-state index in [-0.39, 0.29) is 11.9 Å². The number of hydrogen-bond acceptors (Lipinski definition) is 5. The number of benzene rings is 1. The van der Waals surface area contributed by atoms with Crippen LogP contribution in [-0.4, -0.2) is 64.1 Å². The van der Waals surface area contributed by atoms with Crippen LogP contribution in [0.15, 0.2) is 48.8 Å². The first-order chi connectivity index (χ1) is 15.6. The van der Waals surface area contributed by atoms with Crippen LogP contribution in [-0.2, 0) is 17.9 Å². The van der Waals surface area contributed by atoms with Gasteiger partial charge in [-0.3, -0.25) is 24.8 Å². The quantitative estimate of drug-likeness (QED) is 0.670. The Morgan fingerprint density at radius 1 is 0.969 bits per heavy atom. The number of imide groups is 1. The average molecular weight is 433 g/mol. The van der Waals surface area contributed by atoms with E-state index in [2.05, 4.69) is 63.5 Å². The molecular formula is C24H28N6O2. The lowest BCUT2D eigenvalue weighted by atomic mass is 10.1. The number of pyridine rings is 1. The zero-order valence-electron chi connectivity index (χ0n) is 18.3. The molecule has 4 heterocycles. The number of nitrogens with zero attached hydrogens (tertiary/aromatic N) is 5. The minimum Gasteiger partial charge on any atom is -0.297 e. The molecule has 0 unspecified atom stereocenters. The van der Waals surface area contributed by atoms with E-state index < -0.39 is 0 Å². The largest absolute Gasteiger partial charge is 0.328 e. The van der Waals surface area contributed by atoms with E-state index in [1.54, 1.807) is 15.6 Å². The van der Waals surface area contributed by atoms with Gasteiger partial charge in [0.2, 0.25) is 5.91 Å². The molecule has 2 aliphatic rings. The van der Waals surface area contributed by atoms with Gasteiger partial charge in [-0.25, -0.2) is 9.31 Å². The van der Waals surface area contributed by atoms with Crippen molar-refractivity contribution in [1.82, 2.24) is 24.7 Å². The molecule has 32 heavy (non-hydrogen) atoms. The smallest absolute Gasteiger partial charge is 0.297 e. The molecule has 0 aliphatic carbocycles. The number of amides is 3. The molecule has 3 amide bonds. The molecule has 0 bridgehead atoms. The van der Waals surface area contributed by atoms with E-state index >= 15 is 0 Å². The second kappa shape index (κ2) is 8.72. The highest BCUT2D eigenvalue weighted by atomic mass is 16.2. The molecule has 2 aliphatic heterocycles. The maximum absolute atomic E-state index is 12.3. The maximum Gasteiger partial charge on any atom is 0.328 e. The van der Waals surface area contributed by atoms with Crippen LogP contribution in [0.2, 0.25) is 0 Å². The summed E-state index contributed by atoms with van der Waals surface area (Å²) in [7, 11) is 0. The molecule has 2 saturated heterocycles. The van der Waals surface area contributed by atoms with Crippen molar-refractivity contribution < 1.29 is 9.59 Å². The molecular weight excluding hydrogens is 404 g/mol. The summed E-state index contributed by atoms with van der Waals surface area (Å²) in [6, 6.07) is 12.4. The fraction of sp³-hybridized carbons (Fsp3) is 0.375. The van der Waals surface area contributed by atoms with Crippen LogP contribution in [0.1, 0.15) is 23.1 Å². The third kappa shape index (κ3) is 4.24. The van der Waals surface area contributed by atoms with E-state index in [1.807, 2.05) is 6.20 Å². The van der Waals surface area contributed by atoms with Gasteiger partial charge in [-0.15, -0.1) is 0 Å². The summed E-state index contributed by atoms with van der Waals surface area (Å²) >= 11 is 0. The number of fused-ring (bicyclic) bond motifs is 1. The number of piperazine rings is 1. The first kappa shape index (κ1) is 20.7. The van der Waals surface area contributed by atoms with Gasteiger partial charge in [0.25, 0.3) is 0 Å². The average Bonchev–Trinajstić information content (AvgIpc) is 3.20. The molecule has 0 radical (unpaired) electrons. The molecule has 0 spiro atoms. The van der Waals surface area contributed by atoms with Crippen LogP contribution in [0, 0.1) is 6.92 Å². The van der Waals surface area contributed by atoms with E-state index in [0.717, 1.165) is 50.5 Å². The fourth-order valence-electron chi connectivity index (χ4n) is 4.50. The van der Waals surface area contributed by atoms with Gasteiger partial charge in [-0.05, 0) is 35.7 Å². The summed E-state index contributed by atoms with van der Waals surface area (Å²) in [6.45, 7) is 8.58. The molecule has 2 fully saturated rings. The van der Waals surface area contributed by atoms with Crippen molar-refractivity contribution in [3.63, 3.8) is 0 Å². The van der Waals surface area contributed by atoms with Gasteiger partial charge in [0.1, 0.15) is 0 Å². The lowest BCUT2D eigenvalue weighted by Gasteiger charge is -2.35. The standard InChI is InChI=1S/C24H28N6O2/c1-18-4-2-3-5-20(18)17-28-12-10-27(11-13-28)16-19-6-9-30-21(14-19)22(15-25-30)29-8-7-23(31)26-24(29)32/h2-6,9,14-15H,7-8,10-13,16-17H2,1H3,(H,26,31,32). The van der Waals surface area contributed by atoms with Gasteiger partial charge >= 0.3 is 6.03 Å². The highest BCUT2D eigenvalue weighted by Gasteiger charge is 2.26. The Balaban J connectivity index is 1.24. The Morgan fingerprint density at radius 3 is 2.47 bits per heavy atom. The van der Waals surface area contributed by atoms with E-state index in [1.165, 1.54) is 16.7 Å². The Morgan fingerprint density at radius 2 is 1.72 bits per heavy atom. The summed E-state index contributed by atoms with van der Waals surface area (Å²) in [5.74, 6) is -0.231. The lowest BCUT2D eigenvalue weighted by molar-refractivity contribution is -0.120. The molecule has 8 nitrogen and oxygen atoms in total. The highest BCUT2D eigenvalue weighted by Crippen LogP contribution is 2.25. The Labute approximate surface area is 187 Å². The maximum atomic E-state index is 12.3. The molecule has 166 valence electrons. The Bertz CT molecular complexity index is 1150. The van der Waals surface area contributed by atoms with Gasteiger partial charge in [-0.2, -0.15) is 5.10 Å². The summed E-state index contributed by atoms with van der Waals surface area (Å²) < 4.78 is 1.78. The predicted molar refractivity (Wildman–Crippen MR) is 122 cm³/mol. The number of aryl methyl sites for hydroxylation is 1. The SMILES string of the molecule is Cc1ccccc1CN1CCN(Cc2ccn3ncc(N4CCC(=O)NC4=O)c3c2)CC1. The molecule has 1 aromatic carbocycles. The summed E-state index contributed by atoms with van der Waals surface area (Å²) in [4.78, 5) is 30.3. The van der Waals surface area contributed by atoms with Gasteiger partial charge in [0.05, 0.1) is 17.4 Å². The van der Waals surface area contributed by atoms with Crippen LogP contribution in [0.4, 0.5) is 10.5 Å². The van der Waals surface area contributed by atoms with Crippen molar-refractivity contribution in [2.24, 2.45) is 0 Å². The van der Waals surface area contributed by atoms with Gasteiger partial charge in [-0.1, -0.05) is 24.3 Å². The lowest BCUT2D eigenvalue weighted by Crippen LogP contribution is -2.49. The molecule has 3 aromatic rings. The predicted octanol–water partition coefficient (Wildman–Crippen LogP) is 2.41. The highest BCUT2D eigenvalue weighted by molar-refractivity contribution is 6.07. The third-order valence-corrected chi connectivity index (χ3v) is 6.44. The van der Waals surface area contributed by atoms with Gasteiger partial charge < -0.3 is 0 Å². The number of carbonyl (C=O) groups is 2. The second-order valence-corrected chi connectivity index (χ2v) is 8.63. The Hall–Kier alpha value is -3.23. The minimum atomic E-state index is -0.383. The molecule has 8 heteroatoms. The number of rotatable bonds is 5. The van der Waals surface area contributed by atoms with Crippen molar-refractivity contribution in [2.45, 2.75) is 26.4 Å². The summed E-state index contributed by atoms with van der Waals surface area (Å²) in [6.07, 6.45) is 3.93. The number of aromatic nitrogens is 2. The van der Waals surface area contributed by atoms with E-state index in [0.29, 0.717) is 13.0 Å². The number of nitrogens with one attached hydrogen (secondary N) is 1. The van der Waals surface area contributed by atoms with Crippen molar-refractivity contribution in [3.8, 4) is 0 Å². The van der Waals surface area contributed by atoms with Crippen molar-refractivity contribution in [1.29, 1.82) is 0 Å². The van der Waals surface area contributed by atoms with Gasteiger partial charge in [0, 0.05) is 58.4 Å². The number of anilines is 1. The van der Waals surface area contributed by atoms with Crippen molar-refractivity contribution >= 4 is 23.1 Å². The second-order valence-electron chi connectivity index (χ2n) is 8.63. The van der Waals surface area contributed by atoms with E-state index in [4.69, 9.17) is 0 Å². The third-order valence-electron chi connectivity index (χ3n) is 6.44. The zero-order chi connectivity index (χ0) is 22.1. The van der Waals surface area contributed by atoms with Crippen molar-refractivity contribution in [3.05, 3.63) is 65.5 Å². The van der Waals surface area contributed by atoms with Crippen LogP contribution in [0.5, 0.6) is 0 Å². The summed E-state index contributed by atoms with van der Waals surface area (Å²) in [5, 5.41) is 6.77.